The molecule has 2 amide bonds. The van der Waals surface area contributed by atoms with Crippen LogP contribution >= 0.6 is 0 Å². The van der Waals surface area contributed by atoms with E-state index in [-0.39, 0.29) is 28.8 Å². The summed E-state index contributed by atoms with van der Waals surface area (Å²) in [5.41, 5.74) is 1.80. The van der Waals surface area contributed by atoms with Gasteiger partial charge in [0, 0.05) is 11.9 Å². The largest absolute Gasteiger partial charge is 0.339 e. The molecule has 0 aliphatic carbocycles. The normalized spacial score (nSPS) is 18.2. The minimum atomic E-state index is -3.46. The molecule has 0 spiro atoms. The first-order valence-corrected chi connectivity index (χ1v) is 13.9. The minimum Gasteiger partial charge on any atom is -0.339 e. The first-order chi connectivity index (χ1) is 17.3. The van der Waals surface area contributed by atoms with Crippen LogP contribution in [0.3, 0.4) is 0 Å². The molecule has 1 aliphatic rings. The van der Waals surface area contributed by atoms with Gasteiger partial charge >= 0.3 is 0 Å². The van der Waals surface area contributed by atoms with Crippen molar-refractivity contribution < 1.29 is 22.4 Å². The molecule has 0 saturated carbocycles. The van der Waals surface area contributed by atoms with E-state index >= 15 is 0 Å². The Morgan fingerprint density at radius 2 is 1.86 bits per heavy atom. The molecule has 0 radical (unpaired) electrons. The highest BCUT2D eigenvalue weighted by Crippen LogP contribution is 2.38. The van der Waals surface area contributed by atoms with Gasteiger partial charge in [-0.05, 0) is 46.9 Å². The van der Waals surface area contributed by atoms with Crippen molar-refractivity contribution in [3.8, 4) is 0 Å². The molecule has 0 unspecified atom stereocenters. The number of nitrogens with one attached hydrogen (secondary N) is 1. The van der Waals surface area contributed by atoms with Gasteiger partial charge in [0.25, 0.3) is 5.91 Å². The minimum absolute atomic E-state index is 0.160. The Kier molecular flexibility index (Phi) is 7.11. The summed E-state index contributed by atoms with van der Waals surface area (Å²) in [7, 11) is 2.12. The Morgan fingerprint density at radius 3 is 2.49 bits per heavy atom. The van der Waals surface area contributed by atoms with Gasteiger partial charge in [-0.15, -0.1) is 0 Å². The number of hydrogen-bond donors (Lipinski definition) is 1. The predicted octanol–water partition coefficient (Wildman–Crippen LogP) is -0.377. The van der Waals surface area contributed by atoms with Gasteiger partial charge in [0.1, 0.15) is 29.6 Å². The molecule has 0 bridgehead atoms. The molecule has 8 nitrogen and oxygen atoms in total. The highest BCUT2D eigenvalue weighted by Gasteiger charge is 2.40. The summed E-state index contributed by atoms with van der Waals surface area (Å²) >= 11 is 0. The third-order valence-corrected chi connectivity index (χ3v) is 7.51. The summed E-state index contributed by atoms with van der Waals surface area (Å²) in [6.45, 7) is 2.17. The van der Waals surface area contributed by atoms with E-state index in [0.717, 1.165) is 18.0 Å². The Hall–Kier alpha value is -3.34. The van der Waals surface area contributed by atoms with Gasteiger partial charge in [-0.2, -0.15) is 5.10 Å². The Labute approximate surface area is 218 Å². The molecule has 2 atom stereocenters. The van der Waals surface area contributed by atoms with Gasteiger partial charge in [0.15, 0.2) is 21.3 Å². The van der Waals surface area contributed by atoms with Crippen LogP contribution in [0.15, 0.2) is 59.6 Å². The SMILES string of the molecule is BC(B)(B)N1C(=O)[C@@H](NC(=O)c2nn(Cc3ccccc3)cc2F)C[C@H](C)c2cc(S(C)(=O)=O)ccc21. The summed E-state index contributed by atoms with van der Waals surface area (Å²) in [5.74, 6) is -2.19. The van der Waals surface area contributed by atoms with Gasteiger partial charge in [0.2, 0.25) is 5.91 Å². The lowest BCUT2D eigenvalue weighted by atomic mass is 9.48. The van der Waals surface area contributed by atoms with Crippen LogP contribution in [0.5, 0.6) is 0 Å². The van der Waals surface area contributed by atoms with Crippen molar-refractivity contribution >= 4 is 50.9 Å². The van der Waals surface area contributed by atoms with Crippen LogP contribution in [0.2, 0.25) is 0 Å². The van der Waals surface area contributed by atoms with Gasteiger partial charge in [-0.1, -0.05) is 37.3 Å². The Balaban J connectivity index is 1.64. The number of benzene rings is 2. The first kappa shape index (κ1) is 26.7. The van der Waals surface area contributed by atoms with Crippen LogP contribution in [0.4, 0.5) is 10.1 Å². The Morgan fingerprint density at radius 1 is 1.19 bits per heavy atom. The number of halogens is 1. The van der Waals surface area contributed by atoms with E-state index in [2.05, 4.69) is 10.4 Å². The third kappa shape index (κ3) is 5.66. The van der Waals surface area contributed by atoms with Crippen LogP contribution < -0.4 is 10.2 Å². The van der Waals surface area contributed by atoms with Crippen LogP contribution in [0.25, 0.3) is 0 Å². The van der Waals surface area contributed by atoms with Crippen molar-refractivity contribution in [3.63, 3.8) is 0 Å². The second kappa shape index (κ2) is 9.85. The van der Waals surface area contributed by atoms with Crippen molar-refractivity contribution in [2.24, 2.45) is 0 Å². The average molecular weight is 520 g/mol. The number of aromatic nitrogens is 2. The number of rotatable bonds is 6. The summed E-state index contributed by atoms with van der Waals surface area (Å²) in [4.78, 5) is 28.6. The van der Waals surface area contributed by atoms with E-state index < -0.39 is 32.8 Å². The molecule has 37 heavy (non-hydrogen) atoms. The highest BCUT2D eigenvalue weighted by molar-refractivity contribution is 7.90. The number of anilines is 1. The van der Waals surface area contributed by atoms with E-state index in [4.69, 9.17) is 0 Å². The first-order valence-electron chi connectivity index (χ1n) is 12.0. The number of hydrogen-bond acceptors (Lipinski definition) is 5. The number of amides is 2. The maximum Gasteiger partial charge on any atom is 0.275 e. The average Bonchev–Trinajstić information content (AvgIpc) is 3.12. The number of carbonyl (C=O) groups excluding carboxylic acids is 2. The van der Waals surface area contributed by atoms with Gasteiger partial charge in [-0.3, -0.25) is 14.3 Å². The molecule has 1 aliphatic heterocycles. The lowest BCUT2D eigenvalue weighted by Gasteiger charge is -2.38. The molecule has 0 saturated heterocycles. The van der Waals surface area contributed by atoms with Crippen molar-refractivity contribution in [2.45, 2.75) is 42.0 Å². The van der Waals surface area contributed by atoms with Gasteiger partial charge in [0.05, 0.1) is 17.6 Å². The summed E-state index contributed by atoms with van der Waals surface area (Å²) < 4.78 is 40.4. The van der Waals surface area contributed by atoms with Crippen LogP contribution in [0, 0.1) is 5.82 Å². The van der Waals surface area contributed by atoms with Crippen molar-refractivity contribution in [1.29, 1.82) is 0 Å². The smallest absolute Gasteiger partial charge is 0.275 e. The number of fused-ring (bicyclic) bond motifs is 1. The van der Waals surface area contributed by atoms with Gasteiger partial charge < -0.3 is 10.2 Å². The van der Waals surface area contributed by atoms with Crippen molar-refractivity contribution in [2.75, 3.05) is 11.2 Å². The molecule has 1 N–H and O–H groups in total. The fourth-order valence-electron chi connectivity index (χ4n) is 4.66. The number of nitrogens with zero attached hydrogens (tertiary/aromatic N) is 3. The third-order valence-electron chi connectivity index (χ3n) is 6.40. The molecule has 0 fully saturated rings. The second-order valence-electron chi connectivity index (χ2n) is 10.5. The van der Waals surface area contributed by atoms with Crippen LogP contribution in [-0.2, 0) is 21.2 Å². The zero-order chi connectivity index (χ0) is 27.1. The second-order valence-corrected chi connectivity index (χ2v) is 12.5. The quantitative estimate of drug-likeness (QED) is 0.448. The topological polar surface area (TPSA) is 101 Å². The molecule has 13 heteroatoms. The molecule has 190 valence electrons. The van der Waals surface area contributed by atoms with Crippen molar-refractivity contribution in [3.05, 3.63) is 77.4 Å². The lowest BCUT2D eigenvalue weighted by Crippen LogP contribution is -2.59. The van der Waals surface area contributed by atoms with E-state index in [9.17, 15) is 22.4 Å². The zero-order valence-electron chi connectivity index (χ0n) is 21.5. The fourth-order valence-corrected chi connectivity index (χ4v) is 5.32. The van der Waals surface area contributed by atoms with Crippen LogP contribution in [0.1, 0.15) is 40.9 Å². The van der Waals surface area contributed by atoms with E-state index in [1.165, 1.54) is 10.7 Å². The molecule has 4 rings (SSSR count). The van der Waals surface area contributed by atoms with Crippen molar-refractivity contribution in [1.82, 2.24) is 15.1 Å². The standard InChI is InChI=1S/C24H28B3FN4O4S/c1-14-10-19(29-22(33)21-18(28)13-31(30-21)12-15-6-4-3-5-7-15)23(34)32(24(25,26)27)20-9-8-16(11-17(14)20)37(2,35)36/h3-9,11,13-14,19H,10,12,25-27H2,1-2H3,(H,29,33)/t14-,19-/m0/s1. The molecule has 1 aromatic heterocycles. The molecule has 3 aromatic rings. The Bertz CT molecular complexity index is 1460. The summed E-state index contributed by atoms with van der Waals surface area (Å²) in [5, 5.41) is 6.14. The van der Waals surface area contributed by atoms with E-state index in [0.29, 0.717) is 17.8 Å². The summed E-state index contributed by atoms with van der Waals surface area (Å²) in [6.07, 6.45) is 2.50. The van der Waals surface area contributed by atoms with Gasteiger partial charge in [-0.25, -0.2) is 12.8 Å². The number of carbonyl (C=O) groups is 2. The van der Waals surface area contributed by atoms with E-state index in [1.807, 2.05) is 60.8 Å². The van der Waals surface area contributed by atoms with Crippen LogP contribution in [-0.4, -0.2) is 71.1 Å². The zero-order valence-corrected chi connectivity index (χ0v) is 22.3. The fraction of sp³-hybridized carbons (Fsp3) is 0.292. The number of sulfone groups is 1. The van der Waals surface area contributed by atoms with E-state index in [1.54, 1.807) is 17.0 Å². The molecule has 2 aromatic carbocycles. The monoisotopic (exact) mass is 520 g/mol. The molecular weight excluding hydrogens is 492 g/mol. The lowest BCUT2D eigenvalue weighted by molar-refractivity contribution is -0.120. The molecular formula is C24H28B3FN4O4S. The molecule has 2 heterocycles. The predicted molar refractivity (Wildman–Crippen MR) is 147 cm³/mol. The summed E-state index contributed by atoms with van der Waals surface area (Å²) in [6, 6.07) is 13.1. The maximum atomic E-state index is 14.7. The maximum absolute atomic E-state index is 14.7. The highest BCUT2D eigenvalue weighted by atomic mass is 32.2.